The molecule has 5 atom stereocenters. The fraction of sp³-hybridized carbons (Fsp3) is 1.00. The van der Waals surface area contributed by atoms with Crippen LogP contribution < -0.4 is 0 Å². The van der Waals surface area contributed by atoms with Crippen LogP contribution in [-0.2, 0) is 0 Å². The summed E-state index contributed by atoms with van der Waals surface area (Å²) >= 11 is 0. The number of rotatable bonds is 0. The van der Waals surface area contributed by atoms with Gasteiger partial charge in [0.15, 0.2) is 0 Å². The molecule has 0 heteroatoms. The van der Waals surface area contributed by atoms with E-state index >= 15 is 0 Å². The Kier molecular flexibility index (Phi) is 2.18. The SMILES string of the molecule is CC1CC2C(C)CCCC2C1C. The molecule has 2 fully saturated rings. The Hall–Kier alpha value is 0. The Balaban J connectivity index is 2.10. The molecule has 2 saturated carbocycles. The van der Waals surface area contributed by atoms with Crippen molar-refractivity contribution in [1.29, 1.82) is 0 Å². The average Bonchev–Trinajstić information content (AvgIpc) is 2.32. The van der Waals surface area contributed by atoms with Crippen LogP contribution in [0.25, 0.3) is 0 Å². The maximum atomic E-state index is 2.48. The molecular weight excluding hydrogens is 144 g/mol. The van der Waals surface area contributed by atoms with Gasteiger partial charge in [-0.2, -0.15) is 0 Å². The molecule has 0 nitrogen and oxygen atoms in total. The van der Waals surface area contributed by atoms with Gasteiger partial charge in [0.05, 0.1) is 0 Å². The van der Waals surface area contributed by atoms with Crippen LogP contribution in [0.5, 0.6) is 0 Å². The first-order chi connectivity index (χ1) is 5.70. The standard InChI is InChI=1S/C12H22/c1-8-5-4-6-11-10(3)9(2)7-12(8)11/h8-12H,4-7H2,1-3H3. The lowest BCUT2D eigenvalue weighted by Crippen LogP contribution is -2.24. The van der Waals surface area contributed by atoms with Crippen LogP contribution in [0.2, 0.25) is 0 Å². The minimum Gasteiger partial charge on any atom is -0.0622 e. The Morgan fingerprint density at radius 3 is 2.25 bits per heavy atom. The molecule has 70 valence electrons. The van der Waals surface area contributed by atoms with Gasteiger partial charge in [-0.3, -0.25) is 0 Å². The molecule has 0 heterocycles. The van der Waals surface area contributed by atoms with Gasteiger partial charge in [-0.15, -0.1) is 0 Å². The Bertz CT molecular complexity index is 161. The summed E-state index contributed by atoms with van der Waals surface area (Å²) in [5, 5.41) is 0. The third kappa shape index (κ3) is 1.20. The molecule has 2 aliphatic carbocycles. The van der Waals surface area contributed by atoms with Gasteiger partial charge in [-0.05, 0) is 42.4 Å². The molecule has 0 saturated heterocycles. The third-order valence-corrected chi connectivity index (χ3v) is 4.69. The van der Waals surface area contributed by atoms with Gasteiger partial charge in [0.1, 0.15) is 0 Å². The maximum Gasteiger partial charge on any atom is -0.0355 e. The zero-order valence-electron chi connectivity index (χ0n) is 8.72. The van der Waals surface area contributed by atoms with Gasteiger partial charge in [0.25, 0.3) is 0 Å². The van der Waals surface area contributed by atoms with E-state index in [2.05, 4.69) is 20.8 Å². The van der Waals surface area contributed by atoms with Crippen LogP contribution in [0.3, 0.4) is 0 Å². The van der Waals surface area contributed by atoms with Crippen molar-refractivity contribution in [3.63, 3.8) is 0 Å². The minimum absolute atomic E-state index is 1.00. The molecule has 2 aliphatic rings. The smallest absolute Gasteiger partial charge is 0.0355 e. The quantitative estimate of drug-likeness (QED) is 0.514. The first kappa shape index (κ1) is 8.59. The number of fused-ring (bicyclic) bond motifs is 1. The summed E-state index contributed by atoms with van der Waals surface area (Å²) < 4.78 is 0. The van der Waals surface area contributed by atoms with Crippen LogP contribution in [0, 0.1) is 29.6 Å². The molecule has 0 aromatic rings. The second-order valence-corrected chi connectivity index (χ2v) is 5.31. The highest BCUT2D eigenvalue weighted by Gasteiger charge is 2.42. The highest BCUT2D eigenvalue weighted by molar-refractivity contribution is 4.91. The largest absolute Gasteiger partial charge is 0.0622 e. The van der Waals surface area contributed by atoms with Gasteiger partial charge in [0.2, 0.25) is 0 Å². The number of hydrogen-bond donors (Lipinski definition) is 0. The summed E-state index contributed by atoms with van der Waals surface area (Å²) in [6, 6.07) is 0. The van der Waals surface area contributed by atoms with Crippen LogP contribution in [0.1, 0.15) is 46.5 Å². The molecule has 0 N–H and O–H groups in total. The van der Waals surface area contributed by atoms with Crippen molar-refractivity contribution in [1.82, 2.24) is 0 Å². The Morgan fingerprint density at radius 1 is 0.833 bits per heavy atom. The first-order valence-corrected chi connectivity index (χ1v) is 5.70. The van der Waals surface area contributed by atoms with Crippen molar-refractivity contribution in [3.8, 4) is 0 Å². The summed E-state index contributed by atoms with van der Waals surface area (Å²) in [7, 11) is 0. The van der Waals surface area contributed by atoms with E-state index in [9.17, 15) is 0 Å². The highest BCUT2D eigenvalue weighted by atomic mass is 14.5. The normalized spacial score (nSPS) is 53.8. The average molecular weight is 166 g/mol. The van der Waals surface area contributed by atoms with Crippen LogP contribution in [0.15, 0.2) is 0 Å². The second kappa shape index (κ2) is 3.05. The first-order valence-electron chi connectivity index (χ1n) is 5.70. The van der Waals surface area contributed by atoms with E-state index in [-0.39, 0.29) is 0 Å². The van der Waals surface area contributed by atoms with Gasteiger partial charge >= 0.3 is 0 Å². The predicted molar refractivity (Wildman–Crippen MR) is 52.9 cm³/mol. The monoisotopic (exact) mass is 166 g/mol. The topological polar surface area (TPSA) is 0 Å². The van der Waals surface area contributed by atoms with Crippen molar-refractivity contribution < 1.29 is 0 Å². The van der Waals surface area contributed by atoms with E-state index in [1.807, 2.05) is 0 Å². The third-order valence-electron chi connectivity index (χ3n) is 4.69. The molecule has 12 heavy (non-hydrogen) atoms. The van der Waals surface area contributed by atoms with E-state index in [4.69, 9.17) is 0 Å². The summed E-state index contributed by atoms with van der Waals surface area (Å²) in [6.45, 7) is 7.41. The van der Waals surface area contributed by atoms with E-state index in [0.29, 0.717) is 0 Å². The van der Waals surface area contributed by atoms with Crippen molar-refractivity contribution in [2.75, 3.05) is 0 Å². The van der Waals surface area contributed by atoms with Gasteiger partial charge < -0.3 is 0 Å². The fourth-order valence-corrected chi connectivity index (χ4v) is 3.65. The van der Waals surface area contributed by atoms with E-state index in [1.165, 1.54) is 25.7 Å². The fourth-order valence-electron chi connectivity index (χ4n) is 3.65. The molecule has 0 aromatic carbocycles. The van der Waals surface area contributed by atoms with Crippen molar-refractivity contribution in [2.24, 2.45) is 29.6 Å². The lowest BCUT2D eigenvalue weighted by atomic mass is 9.73. The molecule has 0 aliphatic heterocycles. The van der Waals surface area contributed by atoms with Gasteiger partial charge in [-0.1, -0.05) is 33.6 Å². The highest BCUT2D eigenvalue weighted by Crippen LogP contribution is 2.50. The maximum absolute atomic E-state index is 2.48. The van der Waals surface area contributed by atoms with Crippen LogP contribution in [-0.4, -0.2) is 0 Å². The molecule has 2 rings (SSSR count). The van der Waals surface area contributed by atoms with Crippen molar-refractivity contribution in [3.05, 3.63) is 0 Å². The molecule has 0 radical (unpaired) electrons. The number of hydrogen-bond acceptors (Lipinski definition) is 0. The molecule has 0 amide bonds. The van der Waals surface area contributed by atoms with Crippen molar-refractivity contribution >= 4 is 0 Å². The van der Waals surface area contributed by atoms with E-state index < -0.39 is 0 Å². The molecular formula is C12H22. The summed E-state index contributed by atoms with van der Waals surface area (Å²) in [5.41, 5.74) is 0. The summed E-state index contributed by atoms with van der Waals surface area (Å²) in [6.07, 6.45) is 6.05. The van der Waals surface area contributed by atoms with Gasteiger partial charge in [0, 0.05) is 0 Å². The van der Waals surface area contributed by atoms with E-state index in [0.717, 1.165) is 29.6 Å². The molecule has 5 unspecified atom stereocenters. The lowest BCUT2D eigenvalue weighted by molar-refractivity contribution is 0.170. The zero-order valence-corrected chi connectivity index (χ0v) is 8.72. The molecule has 0 aromatic heterocycles. The minimum atomic E-state index is 1.00. The van der Waals surface area contributed by atoms with Crippen LogP contribution in [0.4, 0.5) is 0 Å². The summed E-state index contributed by atoms with van der Waals surface area (Å²) in [5.74, 6) is 5.21. The lowest BCUT2D eigenvalue weighted by Gasteiger charge is -2.33. The molecule has 0 spiro atoms. The van der Waals surface area contributed by atoms with E-state index in [1.54, 1.807) is 0 Å². The Labute approximate surface area is 76.7 Å². The molecule has 0 bridgehead atoms. The predicted octanol–water partition coefficient (Wildman–Crippen LogP) is 3.71. The zero-order chi connectivity index (χ0) is 8.72. The van der Waals surface area contributed by atoms with Gasteiger partial charge in [-0.25, -0.2) is 0 Å². The van der Waals surface area contributed by atoms with Crippen LogP contribution >= 0.6 is 0 Å². The summed E-state index contributed by atoms with van der Waals surface area (Å²) in [4.78, 5) is 0. The Morgan fingerprint density at radius 2 is 1.58 bits per heavy atom. The van der Waals surface area contributed by atoms with Crippen molar-refractivity contribution in [2.45, 2.75) is 46.5 Å². The second-order valence-electron chi connectivity index (χ2n) is 5.31.